The van der Waals surface area contributed by atoms with Crippen molar-refractivity contribution in [3.8, 4) is 0 Å². The molecule has 11 heteroatoms. The summed E-state index contributed by atoms with van der Waals surface area (Å²) in [4.78, 5) is 35.8. The van der Waals surface area contributed by atoms with Gasteiger partial charge in [0.1, 0.15) is 5.57 Å². The molecule has 9 nitrogen and oxygen atoms in total. The molecule has 2 N–H and O–H groups in total. The van der Waals surface area contributed by atoms with Gasteiger partial charge in [-0.05, 0) is 59.2 Å². The van der Waals surface area contributed by atoms with E-state index in [1.54, 1.807) is 24.3 Å². The zero-order valence-electron chi connectivity index (χ0n) is 17.9. The SMILES string of the molecule is O=C(N/N=C/c1ccc(Br)cc1)C(=Cc1ccc([N+](=O)[O-])cc1)C(=O)N/N=C/c1ccc(Br)cc1. The van der Waals surface area contributed by atoms with Crippen molar-refractivity contribution in [2.75, 3.05) is 0 Å². The van der Waals surface area contributed by atoms with E-state index >= 15 is 0 Å². The van der Waals surface area contributed by atoms with E-state index in [4.69, 9.17) is 0 Å². The number of benzene rings is 3. The second kappa shape index (κ2) is 12.5. The number of halogens is 2. The van der Waals surface area contributed by atoms with Gasteiger partial charge in [-0.1, -0.05) is 56.1 Å². The molecule has 0 atom stereocenters. The average molecular weight is 599 g/mol. The first-order valence-electron chi connectivity index (χ1n) is 9.96. The summed E-state index contributed by atoms with van der Waals surface area (Å²) < 4.78 is 1.79. The van der Waals surface area contributed by atoms with Crippen molar-refractivity contribution in [1.82, 2.24) is 10.9 Å². The smallest absolute Gasteiger partial charge is 0.267 e. The lowest BCUT2D eigenvalue weighted by molar-refractivity contribution is -0.384. The van der Waals surface area contributed by atoms with E-state index in [2.05, 4.69) is 52.9 Å². The van der Waals surface area contributed by atoms with Crippen LogP contribution in [0.15, 0.2) is 97.5 Å². The van der Waals surface area contributed by atoms with Crippen molar-refractivity contribution < 1.29 is 14.5 Å². The molecule has 0 saturated carbocycles. The van der Waals surface area contributed by atoms with E-state index in [1.165, 1.54) is 42.8 Å². The van der Waals surface area contributed by atoms with E-state index < -0.39 is 16.7 Å². The van der Waals surface area contributed by atoms with Crippen molar-refractivity contribution in [3.05, 3.63) is 114 Å². The second-order valence-corrected chi connectivity index (χ2v) is 8.74. The summed E-state index contributed by atoms with van der Waals surface area (Å²) in [6.45, 7) is 0. The van der Waals surface area contributed by atoms with Crippen LogP contribution in [0.25, 0.3) is 6.08 Å². The molecule has 176 valence electrons. The molecule has 0 aliphatic heterocycles. The number of nitro groups is 1. The van der Waals surface area contributed by atoms with Crippen LogP contribution in [-0.2, 0) is 9.59 Å². The number of carbonyl (C=O) groups is 2. The van der Waals surface area contributed by atoms with E-state index in [0.29, 0.717) is 5.56 Å². The van der Waals surface area contributed by atoms with Gasteiger partial charge in [0.25, 0.3) is 17.5 Å². The van der Waals surface area contributed by atoms with E-state index in [-0.39, 0.29) is 11.3 Å². The Morgan fingerprint density at radius 1 is 0.714 bits per heavy atom. The Morgan fingerprint density at radius 3 is 1.51 bits per heavy atom. The summed E-state index contributed by atoms with van der Waals surface area (Å²) in [5.74, 6) is -1.57. The van der Waals surface area contributed by atoms with Gasteiger partial charge in [0.15, 0.2) is 0 Å². The molecule has 3 rings (SSSR count). The lowest BCUT2D eigenvalue weighted by Gasteiger charge is -2.05. The van der Waals surface area contributed by atoms with Crippen molar-refractivity contribution in [2.45, 2.75) is 0 Å². The maximum Gasteiger partial charge on any atom is 0.277 e. The molecule has 0 spiro atoms. The third-order valence-electron chi connectivity index (χ3n) is 4.40. The van der Waals surface area contributed by atoms with Crippen LogP contribution >= 0.6 is 31.9 Å². The van der Waals surface area contributed by atoms with Crippen LogP contribution in [0.2, 0.25) is 0 Å². The summed E-state index contributed by atoms with van der Waals surface area (Å²) >= 11 is 6.67. The average Bonchev–Trinajstić information content (AvgIpc) is 2.85. The molecule has 0 unspecified atom stereocenters. The van der Waals surface area contributed by atoms with E-state index in [1.807, 2.05) is 24.3 Å². The molecule has 0 aliphatic carbocycles. The fourth-order valence-electron chi connectivity index (χ4n) is 2.64. The normalized spacial score (nSPS) is 10.8. The Hall–Kier alpha value is -3.96. The minimum Gasteiger partial charge on any atom is -0.267 e. The molecule has 0 aliphatic rings. The zero-order chi connectivity index (χ0) is 25.2. The molecule has 0 fully saturated rings. The summed E-state index contributed by atoms with van der Waals surface area (Å²) in [7, 11) is 0. The highest BCUT2D eigenvalue weighted by atomic mass is 79.9. The maximum absolute atomic E-state index is 12.8. The number of non-ortho nitro benzene ring substituents is 1. The third kappa shape index (κ3) is 8.09. The monoisotopic (exact) mass is 597 g/mol. The number of hydrazone groups is 2. The number of amides is 2. The number of rotatable bonds is 8. The fraction of sp³-hybridized carbons (Fsp3) is 0. The van der Waals surface area contributed by atoms with Gasteiger partial charge in [-0.15, -0.1) is 0 Å². The quantitative estimate of drug-likeness (QED) is 0.0964. The highest BCUT2D eigenvalue weighted by molar-refractivity contribution is 9.10. The Balaban J connectivity index is 1.78. The number of nitro benzene ring substituents is 1. The number of nitrogens with zero attached hydrogens (tertiary/aromatic N) is 3. The molecule has 0 bridgehead atoms. The van der Waals surface area contributed by atoms with Crippen LogP contribution < -0.4 is 10.9 Å². The predicted octanol–water partition coefficient (Wildman–Crippen LogP) is 4.80. The van der Waals surface area contributed by atoms with E-state index in [0.717, 1.165) is 20.1 Å². The molecule has 0 saturated heterocycles. The predicted molar refractivity (Wildman–Crippen MR) is 141 cm³/mol. The van der Waals surface area contributed by atoms with Crippen LogP contribution in [-0.4, -0.2) is 29.2 Å². The number of hydrogen-bond acceptors (Lipinski definition) is 6. The van der Waals surface area contributed by atoms with Gasteiger partial charge in [0, 0.05) is 21.1 Å². The molecule has 0 aromatic heterocycles. The first kappa shape index (κ1) is 25.7. The van der Waals surface area contributed by atoms with Gasteiger partial charge in [-0.2, -0.15) is 10.2 Å². The third-order valence-corrected chi connectivity index (χ3v) is 5.46. The van der Waals surface area contributed by atoms with Gasteiger partial charge >= 0.3 is 0 Å². The molecule has 0 radical (unpaired) electrons. The minimum absolute atomic E-state index is 0.115. The Bertz CT molecular complexity index is 1230. The zero-order valence-corrected chi connectivity index (χ0v) is 21.1. The molecule has 0 heterocycles. The topological polar surface area (TPSA) is 126 Å². The van der Waals surface area contributed by atoms with Gasteiger partial charge in [-0.3, -0.25) is 19.7 Å². The van der Waals surface area contributed by atoms with Crippen LogP contribution in [0.5, 0.6) is 0 Å². The van der Waals surface area contributed by atoms with Crippen molar-refractivity contribution in [2.24, 2.45) is 10.2 Å². The molecule has 2 amide bonds. The first-order chi connectivity index (χ1) is 16.8. The molecular weight excluding hydrogens is 582 g/mol. The van der Waals surface area contributed by atoms with Crippen LogP contribution in [0.4, 0.5) is 5.69 Å². The van der Waals surface area contributed by atoms with E-state index in [9.17, 15) is 19.7 Å². The Kier molecular flexibility index (Phi) is 9.16. The molecule has 35 heavy (non-hydrogen) atoms. The van der Waals surface area contributed by atoms with Crippen molar-refractivity contribution in [1.29, 1.82) is 0 Å². The van der Waals surface area contributed by atoms with Crippen molar-refractivity contribution in [3.63, 3.8) is 0 Å². The van der Waals surface area contributed by atoms with Crippen LogP contribution in [0.1, 0.15) is 16.7 Å². The van der Waals surface area contributed by atoms with Crippen LogP contribution in [0, 0.1) is 10.1 Å². The largest absolute Gasteiger partial charge is 0.277 e. The minimum atomic E-state index is -0.784. The standard InChI is InChI=1S/C24H17Br2N5O4/c25-19-7-1-17(2-8-19)14-27-29-23(32)22(13-16-5-11-21(12-6-16)31(34)35)24(33)30-28-15-18-3-9-20(26)10-4-18/h1-15H,(H,29,32)(H,30,33)/b27-14+,28-15+. The Labute approximate surface area is 217 Å². The lowest BCUT2D eigenvalue weighted by atomic mass is 10.1. The highest BCUT2D eigenvalue weighted by Crippen LogP contribution is 2.15. The van der Waals surface area contributed by atoms with Crippen molar-refractivity contribution >= 4 is 67.9 Å². The summed E-state index contributed by atoms with van der Waals surface area (Å²) in [6, 6.07) is 19.8. The molecular formula is C24H17Br2N5O4. The lowest BCUT2D eigenvalue weighted by Crippen LogP contribution is -2.30. The number of hydrogen-bond donors (Lipinski definition) is 2. The highest BCUT2D eigenvalue weighted by Gasteiger charge is 2.18. The van der Waals surface area contributed by atoms with Gasteiger partial charge in [0.2, 0.25) is 0 Å². The van der Waals surface area contributed by atoms with Gasteiger partial charge in [0.05, 0.1) is 17.4 Å². The van der Waals surface area contributed by atoms with Gasteiger partial charge in [-0.25, -0.2) is 10.9 Å². The molecule has 3 aromatic rings. The summed E-state index contributed by atoms with van der Waals surface area (Å²) in [5.41, 5.74) is 6.10. The molecule has 3 aromatic carbocycles. The fourth-order valence-corrected chi connectivity index (χ4v) is 3.17. The maximum atomic E-state index is 12.8. The summed E-state index contributed by atoms with van der Waals surface area (Å²) in [5, 5.41) is 18.7. The van der Waals surface area contributed by atoms with Gasteiger partial charge < -0.3 is 0 Å². The number of carbonyl (C=O) groups excluding carboxylic acids is 2. The summed E-state index contributed by atoms with van der Waals surface area (Å²) in [6.07, 6.45) is 4.15. The van der Waals surface area contributed by atoms with Crippen LogP contribution in [0.3, 0.4) is 0 Å². The Morgan fingerprint density at radius 2 is 1.11 bits per heavy atom. The first-order valence-corrected chi connectivity index (χ1v) is 11.5. The second-order valence-electron chi connectivity index (χ2n) is 6.91. The number of nitrogens with one attached hydrogen (secondary N) is 2.